The first-order chi connectivity index (χ1) is 9.37. The lowest BCUT2D eigenvalue weighted by molar-refractivity contribution is 0.0524. The maximum Gasteiger partial charge on any atom is 0.407 e. The molecule has 0 bridgehead atoms. The van der Waals surface area contributed by atoms with Crippen molar-refractivity contribution in [2.24, 2.45) is 5.73 Å². The number of aromatic nitrogens is 2. The van der Waals surface area contributed by atoms with Crippen molar-refractivity contribution < 1.29 is 9.53 Å². The van der Waals surface area contributed by atoms with Gasteiger partial charge in [-0.1, -0.05) is 6.07 Å². The van der Waals surface area contributed by atoms with Crippen LogP contribution in [0.5, 0.6) is 0 Å². The first kappa shape index (κ1) is 14.3. The highest BCUT2D eigenvalue weighted by Gasteiger charge is 2.18. The smallest absolute Gasteiger partial charge is 0.407 e. The number of nitrogens with zero attached hydrogens (tertiary/aromatic N) is 2. The zero-order valence-corrected chi connectivity index (χ0v) is 12.0. The van der Waals surface area contributed by atoms with Crippen molar-refractivity contribution >= 4 is 11.6 Å². The molecule has 0 aliphatic heterocycles. The largest absolute Gasteiger partial charge is 0.444 e. The average molecular weight is 276 g/mol. The van der Waals surface area contributed by atoms with E-state index in [0.717, 1.165) is 11.1 Å². The van der Waals surface area contributed by atoms with Crippen LogP contribution in [0.1, 0.15) is 32.4 Å². The van der Waals surface area contributed by atoms with Crippen LogP contribution >= 0.6 is 0 Å². The van der Waals surface area contributed by atoms with Crippen LogP contribution in [0.4, 0.5) is 4.79 Å². The third-order valence-corrected chi connectivity index (χ3v) is 2.72. The zero-order chi connectivity index (χ0) is 14.8. The van der Waals surface area contributed by atoms with Crippen molar-refractivity contribution in [1.82, 2.24) is 14.9 Å². The van der Waals surface area contributed by atoms with Gasteiger partial charge in [-0.15, -0.1) is 0 Å². The monoisotopic (exact) mass is 276 g/mol. The minimum absolute atomic E-state index is 0.297. The van der Waals surface area contributed by atoms with Gasteiger partial charge in [0.2, 0.25) is 0 Å². The molecule has 2 aromatic heterocycles. The van der Waals surface area contributed by atoms with Crippen molar-refractivity contribution in [3.8, 4) is 0 Å². The van der Waals surface area contributed by atoms with Crippen LogP contribution in [0.15, 0.2) is 30.6 Å². The van der Waals surface area contributed by atoms with E-state index in [4.69, 9.17) is 10.5 Å². The second kappa shape index (κ2) is 5.50. The van der Waals surface area contributed by atoms with Gasteiger partial charge in [0.15, 0.2) is 0 Å². The lowest BCUT2D eigenvalue weighted by Gasteiger charge is -2.20. The molecule has 0 radical (unpaired) electrons. The van der Waals surface area contributed by atoms with Crippen LogP contribution in [0.25, 0.3) is 5.52 Å². The fourth-order valence-corrected chi connectivity index (χ4v) is 1.86. The van der Waals surface area contributed by atoms with E-state index in [1.165, 1.54) is 0 Å². The summed E-state index contributed by atoms with van der Waals surface area (Å²) in [6, 6.07) is 5.43. The van der Waals surface area contributed by atoms with Crippen molar-refractivity contribution in [2.75, 3.05) is 6.54 Å². The second-order valence-corrected chi connectivity index (χ2v) is 5.62. The minimum atomic E-state index is -0.515. The quantitative estimate of drug-likeness (QED) is 0.896. The molecule has 1 unspecified atom stereocenters. The molecule has 0 fully saturated rings. The lowest BCUT2D eigenvalue weighted by atomic mass is 10.1. The van der Waals surface area contributed by atoms with Gasteiger partial charge in [-0.05, 0) is 32.9 Å². The number of alkyl carbamates (subject to hydrolysis) is 1. The summed E-state index contributed by atoms with van der Waals surface area (Å²) >= 11 is 0. The zero-order valence-electron chi connectivity index (χ0n) is 12.0. The molecule has 6 nitrogen and oxygen atoms in total. The third kappa shape index (κ3) is 3.48. The Bertz CT molecular complexity index is 600. The molecule has 20 heavy (non-hydrogen) atoms. The van der Waals surface area contributed by atoms with E-state index < -0.39 is 11.7 Å². The molecule has 0 saturated heterocycles. The molecule has 2 heterocycles. The van der Waals surface area contributed by atoms with Crippen LogP contribution in [0, 0.1) is 0 Å². The molecule has 2 rings (SSSR count). The van der Waals surface area contributed by atoms with Gasteiger partial charge in [-0.3, -0.25) is 0 Å². The molecular weight excluding hydrogens is 256 g/mol. The molecule has 0 aliphatic rings. The Kier molecular flexibility index (Phi) is 3.94. The molecular formula is C14H20N4O2. The number of carbonyl (C=O) groups excluding carboxylic acids is 1. The standard InChI is InChI=1S/C14H20N4O2/c1-14(2,3)20-13(19)16-9-11(15)10-8-17-18-7-5-4-6-12(10)18/h4-8,11H,9,15H2,1-3H3,(H,16,19). The molecule has 1 atom stereocenters. The Balaban J connectivity index is 1.99. The van der Waals surface area contributed by atoms with Gasteiger partial charge in [-0.25, -0.2) is 9.31 Å². The van der Waals surface area contributed by atoms with E-state index in [9.17, 15) is 4.79 Å². The number of hydrogen-bond donors (Lipinski definition) is 2. The first-order valence-corrected chi connectivity index (χ1v) is 6.51. The van der Waals surface area contributed by atoms with Crippen molar-refractivity contribution in [1.29, 1.82) is 0 Å². The predicted octanol–water partition coefficient (Wildman–Crippen LogP) is 1.86. The van der Waals surface area contributed by atoms with Crippen molar-refractivity contribution in [2.45, 2.75) is 32.4 Å². The Hall–Kier alpha value is -2.08. The fourth-order valence-electron chi connectivity index (χ4n) is 1.86. The number of hydrogen-bond acceptors (Lipinski definition) is 4. The van der Waals surface area contributed by atoms with Gasteiger partial charge in [0, 0.05) is 18.3 Å². The highest BCUT2D eigenvalue weighted by Crippen LogP contribution is 2.16. The van der Waals surface area contributed by atoms with Crippen molar-refractivity contribution in [3.05, 3.63) is 36.2 Å². The average Bonchev–Trinajstić information content (AvgIpc) is 2.78. The van der Waals surface area contributed by atoms with Gasteiger partial charge in [0.05, 0.1) is 17.8 Å². The number of carbonyl (C=O) groups is 1. The molecule has 2 aromatic rings. The van der Waals surface area contributed by atoms with E-state index in [-0.39, 0.29) is 6.04 Å². The van der Waals surface area contributed by atoms with Crippen LogP contribution in [-0.2, 0) is 4.74 Å². The number of fused-ring (bicyclic) bond motifs is 1. The number of nitrogens with one attached hydrogen (secondary N) is 1. The maximum absolute atomic E-state index is 11.6. The number of pyridine rings is 1. The van der Waals surface area contributed by atoms with Gasteiger partial charge < -0.3 is 15.8 Å². The fraction of sp³-hybridized carbons (Fsp3) is 0.429. The molecule has 1 amide bonds. The summed E-state index contributed by atoms with van der Waals surface area (Å²) < 4.78 is 6.92. The Morgan fingerprint density at radius 2 is 2.25 bits per heavy atom. The van der Waals surface area contributed by atoms with Crippen LogP contribution in [-0.4, -0.2) is 27.9 Å². The number of ether oxygens (including phenoxy) is 1. The lowest BCUT2D eigenvalue weighted by Crippen LogP contribution is -2.36. The van der Waals surface area contributed by atoms with Crippen molar-refractivity contribution in [3.63, 3.8) is 0 Å². The summed E-state index contributed by atoms with van der Waals surface area (Å²) in [5.41, 5.74) is 7.41. The van der Waals surface area contributed by atoms with Gasteiger partial charge in [0.25, 0.3) is 0 Å². The topological polar surface area (TPSA) is 81.6 Å². The Morgan fingerprint density at radius 1 is 1.50 bits per heavy atom. The highest BCUT2D eigenvalue weighted by molar-refractivity contribution is 5.68. The highest BCUT2D eigenvalue weighted by atomic mass is 16.6. The first-order valence-electron chi connectivity index (χ1n) is 6.51. The van der Waals surface area contributed by atoms with E-state index in [1.807, 2.05) is 45.2 Å². The molecule has 0 spiro atoms. The van der Waals surface area contributed by atoms with Crippen LogP contribution in [0.3, 0.4) is 0 Å². The number of amides is 1. The molecule has 6 heteroatoms. The number of rotatable bonds is 3. The van der Waals surface area contributed by atoms with E-state index in [2.05, 4.69) is 10.4 Å². The SMILES string of the molecule is CC(C)(C)OC(=O)NCC(N)c1cnn2ccccc12. The normalized spacial score (nSPS) is 13.2. The summed E-state index contributed by atoms with van der Waals surface area (Å²) in [4.78, 5) is 11.6. The van der Waals surface area contributed by atoms with Gasteiger partial charge >= 0.3 is 6.09 Å². The molecule has 0 aliphatic carbocycles. The maximum atomic E-state index is 11.6. The summed E-state index contributed by atoms with van der Waals surface area (Å²) in [5.74, 6) is 0. The number of nitrogens with two attached hydrogens (primary N) is 1. The Labute approximate surface area is 117 Å². The Morgan fingerprint density at radius 3 is 2.95 bits per heavy atom. The van der Waals surface area contributed by atoms with E-state index in [1.54, 1.807) is 10.7 Å². The predicted molar refractivity (Wildman–Crippen MR) is 76.4 cm³/mol. The molecule has 108 valence electrons. The molecule has 0 saturated carbocycles. The minimum Gasteiger partial charge on any atom is -0.444 e. The summed E-state index contributed by atoms with van der Waals surface area (Å²) in [5, 5.41) is 6.89. The van der Waals surface area contributed by atoms with E-state index >= 15 is 0 Å². The second-order valence-electron chi connectivity index (χ2n) is 5.62. The van der Waals surface area contributed by atoms with Gasteiger partial charge in [0.1, 0.15) is 5.60 Å². The van der Waals surface area contributed by atoms with E-state index in [0.29, 0.717) is 6.54 Å². The summed E-state index contributed by atoms with van der Waals surface area (Å²) in [6.07, 6.45) is 3.10. The molecule has 3 N–H and O–H groups in total. The molecule has 0 aromatic carbocycles. The van der Waals surface area contributed by atoms with Gasteiger partial charge in [-0.2, -0.15) is 5.10 Å². The third-order valence-electron chi connectivity index (χ3n) is 2.72. The summed E-state index contributed by atoms with van der Waals surface area (Å²) in [6.45, 7) is 5.75. The van der Waals surface area contributed by atoms with Crippen LogP contribution in [0.2, 0.25) is 0 Å². The van der Waals surface area contributed by atoms with Crippen LogP contribution < -0.4 is 11.1 Å². The summed E-state index contributed by atoms with van der Waals surface area (Å²) in [7, 11) is 0.